The third-order valence-corrected chi connectivity index (χ3v) is 3.25. The Morgan fingerprint density at radius 2 is 1.67 bits per heavy atom. The molecule has 15 heavy (non-hydrogen) atoms. The molecule has 0 aliphatic rings. The van der Waals surface area contributed by atoms with Crippen LogP contribution in [0, 0.1) is 0 Å². The summed E-state index contributed by atoms with van der Waals surface area (Å²) < 4.78 is 0. The van der Waals surface area contributed by atoms with Crippen LogP contribution in [0.15, 0.2) is 0 Å². The van der Waals surface area contributed by atoms with Gasteiger partial charge in [0.25, 0.3) is 0 Å². The normalized spacial score (nSPS) is 15.6. The zero-order chi connectivity index (χ0) is 11.7. The molecular formula is C13H30N2. The van der Waals surface area contributed by atoms with Crippen molar-refractivity contribution in [1.82, 2.24) is 10.2 Å². The van der Waals surface area contributed by atoms with Crippen molar-refractivity contribution in [1.29, 1.82) is 0 Å². The van der Waals surface area contributed by atoms with E-state index in [1.54, 1.807) is 0 Å². The molecule has 92 valence electrons. The Morgan fingerprint density at radius 3 is 2.13 bits per heavy atom. The van der Waals surface area contributed by atoms with Crippen molar-refractivity contribution in [2.24, 2.45) is 0 Å². The molecule has 0 aromatic heterocycles. The van der Waals surface area contributed by atoms with Gasteiger partial charge in [0.15, 0.2) is 0 Å². The van der Waals surface area contributed by atoms with E-state index >= 15 is 0 Å². The summed E-state index contributed by atoms with van der Waals surface area (Å²) in [7, 11) is 0. The van der Waals surface area contributed by atoms with Crippen LogP contribution < -0.4 is 5.32 Å². The zero-order valence-electron chi connectivity index (χ0n) is 11.3. The fourth-order valence-corrected chi connectivity index (χ4v) is 2.07. The summed E-state index contributed by atoms with van der Waals surface area (Å²) in [5.41, 5.74) is 0. The Bertz CT molecular complexity index is 136. The lowest BCUT2D eigenvalue weighted by atomic mass is 10.1. The van der Waals surface area contributed by atoms with Gasteiger partial charge in [0.1, 0.15) is 0 Å². The van der Waals surface area contributed by atoms with Gasteiger partial charge in [-0.05, 0) is 52.7 Å². The quantitative estimate of drug-likeness (QED) is 0.594. The molecule has 0 saturated heterocycles. The van der Waals surface area contributed by atoms with E-state index in [2.05, 4.69) is 44.8 Å². The zero-order valence-corrected chi connectivity index (χ0v) is 11.3. The molecule has 2 unspecified atom stereocenters. The maximum atomic E-state index is 3.48. The summed E-state index contributed by atoms with van der Waals surface area (Å²) in [6.07, 6.45) is 3.75. The third-order valence-electron chi connectivity index (χ3n) is 3.25. The molecule has 0 heterocycles. The van der Waals surface area contributed by atoms with Crippen LogP contribution in [-0.4, -0.2) is 36.6 Å². The van der Waals surface area contributed by atoms with E-state index in [-0.39, 0.29) is 0 Å². The second kappa shape index (κ2) is 9.17. The van der Waals surface area contributed by atoms with Gasteiger partial charge in [-0.2, -0.15) is 0 Å². The highest BCUT2D eigenvalue weighted by Crippen LogP contribution is 2.10. The van der Waals surface area contributed by atoms with Gasteiger partial charge in [0, 0.05) is 12.1 Å². The summed E-state index contributed by atoms with van der Waals surface area (Å²) in [5.74, 6) is 0. The largest absolute Gasteiger partial charge is 0.317 e. The smallest absolute Gasteiger partial charge is 0.00817 e. The van der Waals surface area contributed by atoms with Crippen LogP contribution in [0.3, 0.4) is 0 Å². The fraction of sp³-hybridized carbons (Fsp3) is 1.00. The SMILES string of the molecule is CCCNCCC(C)N(CC)C(C)CC. The summed E-state index contributed by atoms with van der Waals surface area (Å²) >= 11 is 0. The molecule has 0 amide bonds. The number of rotatable bonds is 9. The first kappa shape index (κ1) is 14.9. The fourth-order valence-electron chi connectivity index (χ4n) is 2.07. The molecule has 2 heteroatoms. The highest BCUT2D eigenvalue weighted by Gasteiger charge is 2.16. The standard InChI is InChI=1S/C13H30N2/c1-6-10-14-11-9-13(5)15(8-3)12(4)7-2/h12-14H,6-11H2,1-5H3. The van der Waals surface area contributed by atoms with E-state index in [1.807, 2.05) is 0 Å². The second-order valence-corrected chi connectivity index (χ2v) is 4.48. The van der Waals surface area contributed by atoms with Crippen LogP contribution in [0.5, 0.6) is 0 Å². The summed E-state index contributed by atoms with van der Waals surface area (Å²) in [6.45, 7) is 14.9. The van der Waals surface area contributed by atoms with Crippen LogP contribution in [0.4, 0.5) is 0 Å². The molecule has 0 spiro atoms. The Morgan fingerprint density at radius 1 is 1.00 bits per heavy atom. The first-order valence-corrected chi connectivity index (χ1v) is 6.63. The first-order valence-electron chi connectivity index (χ1n) is 6.63. The maximum absolute atomic E-state index is 3.48. The van der Waals surface area contributed by atoms with Gasteiger partial charge in [-0.3, -0.25) is 4.90 Å². The van der Waals surface area contributed by atoms with E-state index in [0.29, 0.717) is 6.04 Å². The lowest BCUT2D eigenvalue weighted by molar-refractivity contribution is 0.151. The Balaban J connectivity index is 3.77. The Hall–Kier alpha value is -0.0800. The van der Waals surface area contributed by atoms with Crippen molar-refractivity contribution < 1.29 is 0 Å². The molecule has 0 radical (unpaired) electrons. The van der Waals surface area contributed by atoms with E-state index < -0.39 is 0 Å². The average Bonchev–Trinajstić information content (AvgIpc) is 2.25. The molecule has 0 rings (SSSR count). The van der Waals surface area contributed by atoms with Crippen molar-refractivity contribution >= 4 is 0 Å². The number of nitrogens with zero attached hydrogens (tertiary/aromatic N) is 1. The molecule has 0 aromatic carbocycles. The molecule has 2 nitrogen and oxygen atoms in total. The van der Waals surface area contributed by atoms with Crippen molar-refractivity contribution in [2.45, 2.75) is 66.0 Å². The van der Waals surface area contributed by atoms with Crippen LogP contribution in [0.2, 0.25) is 0 Å². The van der Waals surface area contributed by atoms with Crippen molar-refractivity contribution in [3.63, 3.8) is 0 Å². The monoisotopic (exact) mass is 214 g/mol. The van der Waals surface area contributed by atoms with Gasteiger partial charge < -0.3 is 5.32 Å². The van der Waals surface area contributed by atoms with Gasteiger partial charge in [-0.25, -0.2) is 0 Å². The summed E-state index contributed by atoms with van der Waals surface area (Å²) in [4.78, 5) is 2.60. The number of hydrogen-bond acceptors (Lipinski definition) is 2. The lowest BCUT2D eigenvalue weighted by Gasteiger charge is -2.33. The summed E-state index contributed by atoms with van der Waals surface area (Å²) in [6, 6.07) is 1.42. The first-order chi connectivity index (χ1) is 7.17. The van der Waals surface area contributed by atoms with Crippen LogP contribution in [0.25, 0.3) is 0 Å². The van der Waals surface area contributed by atoms with E-state index in [1.165, 1.54) is 25.8 Å². The highest BCUT2D eigenvalue weighted by molar-refractivity contribution is 4.72. The second-order valence-electron chi connectivity index (χ2n) is 4.48. The van der Waals surface area contributed by atoms with Crippen LogP contribution >= 0.6 is 0 Å². The topological polar surface area (TPSA) is 15.3 Å². The number of nitrogens with one attached hydrogen (secondary N) is 1. The molecular weight excluding hydrogens is 184 g/mol. The van der Waals surface area contributed by atoms with Crippen molar-refractivity contribution in [3.8, 4) is 0 Å². The minimum Gasteiger partial charge on any atom is -0.317 e. The summed E-state index contributed by atoms with van der Waals surface area (Å²) in [5, 5.41) is 3.48. The van der Waals surface area contributed by atoms with Gasteiger partial charge >= 0.3 is 0 Å². The molecule has 0 aliphatic heterocycles. The van der Waals surface area contributed by atoms with Gasteiger partial charge in [-0.15, -0.1) is 0 Å². The number of hydrogen-bond donors (Lipinski definition) is 1. The molecule has 2 atom stereocenters. The minimum atomic E-state index is 0.703. The van der Waals surface area contributed by atoms with Crippen molar-refractivity contribution in [2.75, 3.05) is 19.6 Å². The molecule has 0 saturated carbocycles. The Labute approximate surface area is 96.4 Å². The predicted molar refractivity (Wildman–Crippen MR) is 69.4 cm³/mol. The van der Waals surface area contributed by atoms with E-state index in [9.17, 15) is 0 Å². The van der Waals surface area contributed by atoms with Gasteiger partial charge in [0.05, 0.1) is 0 Å². The molecule has 1 N–H and O–H groups in total. The predicted octanol–water partition coefficient (Wildman–Crippen LogP) is 2.89. The molecule has 0 aromatic rings. The van der Waals surface area contributed by atoms with Crippen LogP contribution in [0.1, 0.15) is 53.9 Å². The highest BCUT2D eigenvalue weighted by atomic mass is 15.2. The van der Waals surface area contributed by atoms with E-state index in [4.69, 9.17) is 0 Å². The minimum absolute atomic E-state index is 0.703. The maximum Gasteiger partial charge on any atom is 0.00817 e. The Kier molecular flexibility index (Phi) is 9.12. The third kappa shape index (κ3) is 6.16. The molecule has 0 bridgehead atoms. The molecule has 0 aliphatic carbocycles. The van der Waals surface area contributed by atoms with Gasteiger partial charge in [-0.1, -0.05) is 20.8 Å². The average molecular weight is 214 g/mol. The van der Waals surface area contributed by atoms with Crippen molar-refractivity contribution in [3.05, 3.63) is 0 Å². The van der Waals surface area contributed by atoms with E-state index in [0.717, 1.165) is 19.1 Å². The van der Waals surface area contributed by atoms with Gasteiger partial charge in [0.2, 0.25) is 0 Å². The van der Waals surface area contributed by atoms with Crippen LogP contribution in [-0.2, 0) is 0 Å². The lowest BCUT2D eigenvalue weighted by Crippen LogP contribution is -2.41. The molecule has 0 fully saturated rings.